The van der Waals surface area contributed by atoms with Crippen molar-refractivity contribution in [2.24, 2.45) is 11.7 Å². The van der Waals surface area contributed by atoms with E-state index in [4.69, 9.17) is 10.7 Å². The molecule has 0 spiro atoms. The van der Waals surface area contributed by atoms with Crippen LogP contribution in [-0.4, -0.2) is 11.5 Å². The molecule has 34 heavy (non-hydrogen) atoms. The van der Waals surface area contributed by atoms with Gasteiger partial charge in [0.2, 0.25) is 0 Å². The van der Waals surface area contributed by atoms with Crippen molar-refractivity contribution in [2.75, 3.05) is 6.54 Å². The van der Waals surface area contributed by atoms with Crippen LogP contribution < -0.4 is 11.1 Å². The number of benzene rings is 2. The minimum Gasteiger partial charge on any atom is -0.330 e. The summed E-state index contributed by atoms with van der Waals surface area (Å²) in [6.45, 7) is 0.499. The van der Waals surface area contributed by atoms with Crippen LogP contribution in [0.3, 0.4) is 0 Å². The molecule has 9 heteroatoms. The van der Waals surface area contributed by atoms with Gasteiger partial charge in [0.05, 0.1) is 16.6 Å². The summed E-state index contributed by atoms with van der Waals surface area (Å²) >= 11 is 0. The third-order valence-electron chi connectivity index (χ3n) is 6.11. The summed E-state index contributed by atoms with van der Waals surface area (Å²) < 4.78 is 78.9. The summed E-state index contributed by atoms with van der Waals surface area (Å²) in [5.41, 5.74) is 5.83. The van der Waals surface area contributed by atoms with Crippen LogP contribution in [-0.2, 0) is 25.4 Å². The Morgan fingerprint density at radius 1 is 0.912 bits per heavy atom. The molecule has 3 N–H and O–H groups in total. The van der Waals surface area contributed by atoms with E-state index >= 15 is 0 Å². The van der Waals surface area contributed by atoms with Crippen LogP contribution in [0, 0.1) is 5.92 Å². The topological polar surface area (TPSA) is 50.9 Å². The molecule has 4 rings (SSSR count). The molecule has 1 unspecified atom stereocenters. The van der Waals surface area contributed by atoms with E-state index in [2.05, 4.69) is 5.32 Å². The lowest BCUT2D eigenvalue weighted by Crippen LogP contribution is -2.21. The lowest BCUT2D eigenvalue weighted by Gasteiger charge is -2.20. The molecule has 3 nitrogen and oxygen atoms in total. The summed E-state index contributed by atoms with van der Waals surface area (Å²) in [5, 5.41) is 3.92. The summed E-state index contributed by atoms with van der Waals surface area (Å²) in [6, 6.07) is 11.2. The van der Waals surface area contributed by atoms with E-state index in [9.17, 15) is 26.3 Å². The standard InChI is InChI=1S/C25H25F6N3/c26-24(27,28)20-8-16(9-21(11-20)25(29,30)31)13-33-14-19-10-17-3-1-2-4-22(17)34-23(19)18(12-32)7-15-5-6-15/h1-4,8-11,15,18,33H,5-7,12-14,32H2. The number of nitrogens with zero attached hydrogens (tertiary/aromatic N) is 1. The van der Waals surface area contributed by atoms with E-state index < -0.39 is 23.5 Å². The highest BCUT2D eigenvalue weighted by Gasteiger charge is 2.36. The monoisotopic (exact) mass is 481 g/mol. The lowest BCUT2D eigenvalue weighted by atomic mass is 9.93. The largest absolute Gasteiger partial charge is 0.416 e. The predicted octanol–water partition coefficient (Wildman–Crippen LogP) is 6.40. The fourth-order valence-electron chi connectivity index (χ4n) is 4.21. The van der Waals surface area contributed by atoms with Gasteiger partial charge in [-0.15, -0.1) is 0 Å². The summed E-state index contributed by atoms with van der Waals surface area (Å²) in [4.78, 5) is 4.83. The van der Waals surface area contributed by atoms with Gasteiger partial charge in [0.25, 0.3) is 0 Å². The van der Waals surface area contributed by atoms with Gasteiger partial charge in [0.1, 0.15) is 0 Å². The van der Waals surface area contributed by atoms with E-state index in [1.807, 2.05) is 30.3 Å². The quantitative estimate of drug-likeness (QED) is 0.366. The third-order valence-corrected chi connectivity index (χ3v) is 6.11. The van der Waals surface area contributed by atoms with E-state index in [0.717, 1.165) is 53.6 Å². The van der Waals surface area contributed by atoms with Gasteiger partial charge in [0.15, 0.2) is 0 Å². The van der Waals surface area contributed by atoms with Crippen molar-refractivity contribution < 1.29 is 26.3 Å². The minimum absolute atomic E-state index is 0.0410. The number of para-hydroxylation sites is 1. The van der Waals surface area contributed by atoms with Gasteiger partial charge in [0, 0.05) is 36.6 Å². The van der Waals surface area contributed by atoms with Gasteiger partial charge in [-0.3, -0.25) is 4.98 Å². The highest BCUT2D eigenvalue weighted by molar-refractivity contribution is 5.79. The first-order valence-electron chi connectivity index (χ1n) is 11.1. The van der Waals surface area contributed by atoms with E-state index in [0.29, 0.717) is 12.5 Å². The Kier molecular flexibility index (Phi) is 6.87. The number of hydrogen-bond donors (Lipinski definition) is 2. The van der Waals surface area contributed by atoms with Crippen molar-refractivity contribution in [3.8, 4) is 0 Å². The van der Waals surface area contributed by atoms with Crippen LogP contribution >= 0.6 is 0 Å². The number of rotatable bonds is 8. The number of alkyl halides is 6. The van der Waals surface area contributed by atoms with Gasteiger partial charge >= 0.3 is 12.4 Å². The first-order chi connectivity index (χ1) is 16.0. The maximum absolute atomic E-state index is 13.2. The molecule has 0 radical (unpaired) electrons. The molecule has 1 aromatic heterocycles. The SMILES string of the molecule is NCC(CC1CC1)c1nc2ccccc2cc1CNCc1cc(C(F)(F)F)cc(C(F)(F)F)c1. The predicted molar refractivity (Wildman–Crippen MR) is 118 cm³/mol. The Hall–Kier alpha value is -2.65. The van der Waals surface area contributed by atoms with E-state index in [1.165, 1.54) is 0 Å². The molecular formula is C25H25F6N3. The van der Waals surface area contributed by atoms with Crippen LogP contribution in [0.4, 0.5) is 26.3 Å². The first kappa shape index (κ1) is 24.5. The molecule has 1 saturated carbocycles. The number of aromatic nitrogens is 1. The average Bonchev–Trinajstić information content (AvgIpc) is 3.60. The molecular weight excluding hydrogens is 456 g/mol. The van der Waals surface area contributed by atoms with Crippen LogP contribution in [0.15, 0.2) is 48.5 Å². The number of halogens is 6. The maximum Gasteiger partial charge on any atom is 0.416 e. The molecule has 0 saturated heterocycles. The Labute approximate surface area is 193 Å². The van der Waals surface area contributed by atoms with Crippen molar-refractivity contribution in [3.05, 3.63) is 76.5 Å². The Morgan fingerprint density at radius 3 is 2.15 bits per heavy atom. The van der Waals surface area contributed by atoms with E-state index in [1.54, 1.807) is 0 Å². The Morgan fingerprint density at radius 2 is 1.56 bits per heavy atom. The van der Waals surface area contributed by atoms with Crippen molar-refractivity contribution in [1.82, 2.24) is 10.3 Å². The normalized spacial score (nSPS) is 15.6. The second-order valence-electron chi connectivity index (χ2n) is 8.85. The fraction of sp³-hybridized carbons (Fsp3) is 0.400. The average molecular weight is 481 g/mol. The maximum atomic E-state index is 13.2. The highest BCUT2D eigenvalue weighted by atomic mass is 19.4. The zero-order chi connectivity index (χ0) is 24.5. The molecule has 0 bridgehead atoms. The molecule has 2 aromatic carbocycles. The fourth-order valence-corrected chi connectivity index (χ4v) is 4.21. The summed E-state index contributed by atoms with van der Waals surface area (Å²) in [7, 11) is 0. The zero-order valence-electron chi connectivity index (χ0n) is 18.3. The third kappa shape index (κ3) is 5.88. The van der Waals surface area contributed by atoms with Gasteiger partial charge in [-0.2, -0.15) is 26.3 Å². The van der Waals surface area contributed by atoms with Gasteiger partial charge in [-0.25, -0.2) is 0 Å². The lowest BCUT2D eigenvalue weighted by molar-refractivity contribution is -0.143. The van der Waals surface area contributed by atoms with Gasteiger partial charge < -0.3 is 11.1 Å². The molecule has 0 aliphatic heterocycles. The van der Waals surface area contributed by atoms with Crippen molar-refractivity contribution in [3.63, 3.8) is 0 Å². The van der Waals surface area contributed by atoms with Crippen molar-refractivity contribution in [1.29, 1.82) is 0 Å². The van der Waals surface area contributed by atoms with Crippen LogP contribution in [0.2, 0.25) is 0 Å². The van der Waals surface area contributed by atoms with E-state index in [-0.39, 0.29) is 30.6 Å². The van der Waals surface area contributed by atoms with Gasteiger partial charge in [-0.05, 0) is 53.8 Å². The van der Waals surface area contributed by atoms with Crippen LogP contribution in [0.25, 0.3) is 10.9 Å². The number of pyridine rings is 1. The summed E-state index contributed by atoms with van der Waals surface area (Å²) in [5.74, 6) is 0.660. The summed E-state index contributed by atoms with van der Waals surface area (Å²) in [6.07, 6.45) is -6.51. The molecule has 1 aliphatic rings. The zero-order valence-corrected chi connectivity index (χ0v) is 18.3. The van der Waals surface area contributed by atoms with Crippen LogP contribution in [0.1, 0.15) is 53.1 Å². The minimum atomic E-state index is -4.87. The second kappa shape index (κ2) is 9.54. The molecule has 3 aromatic rings. The second-order valence-corrected chi connectivity index (χ2v) is 8.85. The molecule has 1 aliphatic carbocycles. The van der Waals surface area contributed by atoms with Crippen LogP contribution in [0.5, 0.6) is 0 Å². The number of nitrogens with two attached hydrogens (primary N) is 1. The number of nitrogens with one attached hydrogen (secondary N) is 1. The van der Waals surface area contributed by atoms with Crippen molar-refractivity contribution in [2.45, 2.75) is 50.6 Å². The molecule has 1 atom stereocenters. The number of fused-ring (bicyclic) bond motifs is 1. The molecule has 182 valence electrons. The molecule has 1 heterocycles. The Bertz CT molecular complexity index is 1120. The highest BCUT2D eigenvalue weighted by Crippen LogP contribution is 2.39. The Balaban J connectivity index is 1.59. The molecule has 0 amide bonds. The first-order valence-corrected chi connectivity index (χ1v) is 11.1. The smallest absolute Gasteiger partial charge is 0.330 e. The number of hydrogen-bond acceptors (Lipinski definition) is 3. The molecule has 1 fully saturated rings. The van der Waals surface area contributed by atoms with Gasteiger partial charge in [-0.1, -0.05) is 31.0 Å². The van der Waals surface area contributed by atoms with Crippen molar-refractivity contribution >= 4 is 10.9 Å².